The molecule has 2 heterocycles. The third-order valence-corrected chi connectivity index (χ3v) is 5.30. The maximum absolute atomic E-state index is 13.5. The summed E-state index contributed by atoms with van der Waals surface area (Å²) >= 11 is 0. The lowest BCUT2D eigenvalue weighted by molar-refractivity contribution is -0.134. The maximum Gasteiger partial charge on any atom is 0.253 e. The number of pyridine rings is 1. The summed E-state index contributed by atoms with van der Waals surface area (Å²) in [5.74, 6) is -0.377. The summed E-state index contributed by atoms with van der Waals surface area (Å²) in [4.78, 5) is 44.2. The van der Waals surface area contributed by atoms with Crippen LogP contribution in [0.4, 0.5) is 0 Å². The number of nitrogens with one attached hydrogen (secondary N) is 2. The average Bonchev–Trinajstić information content (AvgIpc) is 2.89. The van der Waals surface area contributed by atoms with Crippen LogP contribution in [0.3, 0.4) is 0 Å². The fourth-order valence-corrected chi connectivity index (χ4v) is 3.53. The highest BCUT2D eigenvalue weighted by Crippen LogP contribution is 2.11. The van der Waals surface area contributed by atoms with Crippen molar-refractivity contribution in [3.05, 3.63) is 59.8 Å². The number of amides is 3. The Morgan fingerprint density at radius 3 is 2.73 bits per heavy atom. The molecule has 0 aliphatic carbocycles. The van der Waals surface area contributed by atoms with Crippen molar-refractivity contribution < 1.29 is 23.9 Å². The van der Waals surface area contributed by atoms with Crippen LogP contribution in [0.25, 0.3) is 0 Å². The van der Waals surface area contributed by atoms with Gasteiger partial charge in [0.2, 0.25) is 17.7 Å². The Bertz CT molecular complexity index is 920. The van der Waals surface area contributed by atoms with Gasteiger partial charge in [0.1, 0.15) is 6.04 Å². The van der Waals surface area contributed by atoms with Gasteiger partial charge in [0.15, 0.2) is 0 Å². The highest BCUT2D eigenvalue weighted by atomic mass is 16.5. The number of aromatic nitrogens is 1. The summed E-state index contributed by atoms with van der Waals surface area (Å²) in [6, 6.07) is 11.9. The number of ether oxygens (including phenoxy) is 2. The Kier molecular flexibility index (Phi) is 9.19. The van der Waals surface area contributed by atoms with Crippen molar-refractivity contribution in [3.63, 3.8) is 0 Å². The van der Waals surface area contributed by atoms with Gasteiger partial charge in [0.25, 0.3) is 5.91 Å². The lowest BCUT2D eigenvalue weighted by Crippen LogP contribution is -2.50. The van der Waals surface area contributed by atoms with Crippen LogP contribution in [0.5, 0.6) is 5.88 Å². The fraction of sp³-hybridized carbons (Fsp3) is 0.417. The Morgan fingerprint density at radius 1 is 1.18 bits per heavy atom. The molecule has 9 nitrogen and oxygen atoms in total. The Morgan fingerprint density at radius 2 is 2.00 bits per heavy atom. The Balaban J connectivity index is 1.77. The van der Waals surface area contributed by atoms with Crippen molar-refractivity contribution in [2.45, 2.75) is 25.3 Å². The average molecular weight is 455 g/mol. The van der Waals surface area contributed by atoms with Crippen LogP contribution >= 0.6 is 0 Å². The molecular formula is C24H30N4O5. The summed E-state index contributed by atoms with van der Waals surface area (Å²) in [5.41, 5.74) is 1.25. The highest BCUT2D eigenvalue weighted by Gasteiger charge is 2.27. The molecule has 0 saturated carbocycles. The molecule has 0 radical (unpaired) electrons. The van der Waals surface area contributed by atoms with Crippen molar-refractivity contribution in [1.82, 2.24) is 20.5 Å². The van der Waals surface area contributed by atoms with Crippen LogP contribution in [-0.4, -0.2) is 73.6 Å². The third-order valence-electron chi connectivity index (χ3n) is 5.30. The van der Waals surface area contributed by atoms with Crippen LogP contribution in [0.15, 0.2) is 48.7 Å². The lowest BCUT2D eigenvalue weighted by atomic mass is 10.0. The first-order valence-electron chi connectivity index (χ1n) is 11.0. The molecule has 1 atom stereocenters. The molecule has 1 aromatic carbocycles. The second-order valence-electron chi connectivity index (χ2n) is 7.70. The first-order valence-corrected chi connectivity index (χ1v) is 11.0. The zero-order valence-electron chi connectivity index (χ0n) is 18.8. The summed E-state index contributed by atoms with van der Waals surface area (Å²) in [5, 5.41) is 5.64. The van der Waals surface area contributed by atoms with Gasteiger partial charge >= 0.3 is 0 Å². The van der Waals surface area contributed by atoms with Crippen molar-refractivity contribution in [3.8, 4) is 5.88 Å². The van der Waals surface area contributed by atoms with Gasteiger partial charge in [0, 0.05) is 51.3 Å². The van der Waals surface area contributed by atoms with Crippen molar-refractivity contribution in [2.24, 2.45) is 0 Å². The van der Waals surface area contributed by atoms with Crippen LogP contribution in [0.2, 0.25) is 0 Å². The molecule has 1 aliphatic rings. The van der Waals surface area contributed by atoms with E-state index in [9.17, 15) is 14.4 Å². The zero-order chi connectivity index (χ0) is 23.5. The van der Waals surface area contributed by atoms with Crippen LogP contribution < -0.4 is 15.4 Å². The first kappa shape index (κ1) is 24.2. The second kappa shape index (κ2) is 12.5. The minimum Gasteiger partial charge on any atom is -0.481 e. The SMILES string of the molecule is COc1ccc(C(=O)NC(Cc2ccccc2)C(=O)N2CCCOCCNC(=O)CC2)cn1. The number of rotatable bonds is 6. The molecule has 0 bridgehead atoms. The van der Waals surface area contributed by atoms with E-state index in [1.807, 2.05) is 30.3 Å². The fourth-order valence-electron chi connectivity index (χ4n) is 3.53. The van der Waals surface area contributed by atoms with Crippen molar-refractivity contribution >= 4 is 17.7 Å². The third kappa shape index (κ3) is 7.57. The van der Waals surface area contributed by atoms with Gasteiger partial charge in [-0.25, -0.2) is 4.98 Å². The second-order valence-corrected chi connectivity index (χ2v) is 7.70. The summed E-state index contributed by atoms with van der Waals surface area (Å²) in [7, 11) is 1.50. The van der Waals surface area contributed by atoms with Crippen LogP contribution in [0.1, 0.15) is 28.8 Å². The van der Waals surface area contributed by atoms with E-state index >= 15 is 0 Å². The minimum atomic E-state index is -0.795. The summed E-state index contributed by atoms with van der Waals surface area (Å²) < 4.78 is 10.5. The lowest BCUT2D eigenvalue weighted by Gasteiger charge is -2.28. The van der Waals surface area contributed by atoms with E-state index < -0.39 is 11.9 Å². The van der Waals surface area contributed by atoms with E-state index in [1.54, 1.807) is 17.0 Å². The predicted molar refractivity (Wildman–Crippen MR) is 122 cm³/mol. The Hall–Kier alpha value is -3.46. The van der Waals surface area contributed by atoms with E-state index in [-0.39, 0.29) is 24.8 Å². The molecule has 33 heavy (non-hydrogen) atoms. The van der Waals surface area contributed by atoms with Gasteiger partial charge in [-0.3, -0.25) is 14.4 Å². The molecule has 1 unspecified atom stereocenters. The van der Waals surface area contributed by atoms with E-state index in [0.717, 1.165) is 5.56 Å². The molecule has 2 aromatic rings. The quantitative estimate of drug-likeness (QED) is 0.679. The minimum absolute atomic E-state index is 0.133. The molecule has 9 heteroatoms. The molecule has 1 aromatic heterocycles. The number of benzene rings is 1. The van der Waals surface area contributed by atoms with Gasteiger partial charge in [-0.05, 0) is 18.1 Å². The van der Waals surface area contributed by atoms with Gasteiger partial charge < -0.3 is 25.0 Å². The van der Waals surface area contributed by atoms with Crippen molar-refractivity contribution in [2.75, 3.05) is 40.0 Å². The number of carbonyl (C=O) groups excluding carboxylic acids is 3. The number of carbonyl (C=O) groups is 3. The molecule has 0 spiro atoms. The normalized spacial score (nSPS) is 16.2. The molecular weight excluding hydrogens is 424 g/mol. The number of hydrogen-bond donors (Lipinski definition) is 2. The maximum atomic E-state index is 13.5. The van der Waals surface area contributed by atoms with Gasteiger partial charge in [-0.1, -0.05) is 30.3 Å². The molecule has 1 saturated heterocycles. The van der Waals surface area contributed by atoms with E-state index in [4.69, 9.17) is 9.47 Å². The number of nitrogens with zero attached hydrogens (tertiary/aromatic N) is 2. The summed E-state index contributed by atoms with van der Waals surface area (Å²) in [6.07, 6.45) is 2.58. The highest BCUT2D eigenvalue weighted by molar-refractivity contribution is 5.97. The molecule has 3 amide bonds. The molecule has 2 N–H and O–H groups in total. The number of hydrogen-bond acceptors (Lipinski definition) is 6. The van der Waals surface area contributed by atoms with Crippen molar-refractivity contribution in [1.29, 1.82) is 0 Å². The largest absolute Gasteiger partial charge is 0.481 e. The van der Waals surface area contributed by atoms with Crippen LogP contribution in [0, 0.1) is 0 Å². The zero-order valence-corrected chi connectivity index (χ0v) is 18.8. The molecule has 1 aliphatic heterocycles. The van der Waals surface area contributed by atoms with Crippen LogP contribution in [-0.2, 0) is 20.7 Å². The number of methoxy groups -OCH3 is 1. The van der Waals surface area contributed by atoms with E-state index in [0.29, 0.717) is 50.6 Å². The van der Waals surface area contributed by atoms with E-state index in [2.05, 4.69) is 15.6 Å². The van der Waals surface area contributed by atoms with Gasteiger partial charge in [-0.15, -0.1) is 0 Å². The molecule has 1 fully saturated rings. The smallest absolute Gasteiger partial charge is 0.253 e. The molecule has 176 valence electrons. The van der Waals surface area contributed by atoms with Gasteiger partial charge in [0.05, 0.1) is 19.3 Å². The van der Waals surface area contributed by atoms with E-state index in [1.165, 1.54) is 13.3 Å². The first-order chi connectivity index (χ1) is 16.1. The van der Waals surface area contributed by atoms with Gasteiger partial charge in [-0.2, -0.15) is 0 Å². The standard InChI is InChI=1S/C24H30N4O5/c1-32-22-9-8-19(17-26-22)23(30)27-20(16-18-6-3-2-4-7-18)24(31)28-12-5-14-33-15-11-25-21(29)10-13-28/h2-4,6-9,17,20H,5,10-16H2,1H3,(H,25,29)(H,27,30). The topological polar surface area (TPSA) is 110 Å². The molecule has 3 rings (SSSR count). The predicted octanol–water partition coefficient (Wildman–Crippen LogP) is 1.19. The monoisotopic (exact) mass is 454 g/mol. The Labute approximate surface area is 193 Å². The summed E-state index contributed by atoms with van der Waals surface area (Å²) in [6.45, 7) is 2.11.